The molecule has 1 aromatic rings. The highest BCUT2D eigenvalue weighted by Gasteiger charge is 2.13. The van der Waals surface area contributed by atoms with Gasteiger partial charge in [-0.1, -0.05) is 6.92 Å². The smallest absolute Gasteiger partial charge is 0.254 e. The Morgan fingerprint density at radius 2 is 2.38 bits per heavy atom. The summed E-state index contributed by atoms with van der Waals surface area (Å²) in [5.41, 5.74) is 1.83. The minimum Gasteiger partial charge on any atom is -0.311 e. The van der Waals surface area contributed by atoms with Crippen molar-refractivity contribution in [1.82, 2.24) is 15.3 Å². The average Bonchev–Trinajstić information content (AvgIpc) is 2.18. The van der Waals surface area contributed by atoms with Crippen LogP contribution in [0.4, 0.5) is 0 Å². The van der Waals surface area contributed by atoms with Crippen molar-refractivity contribution in [3.05, 3.63) is 27.4 Å². The zero-order chi connectivity index (χ0) is 9.26. The van der Waals surface area contributed by atoms with Crippen LogP contribution in [0.25, 0.3) is 0 Å². The fourth-order valence-electron chi connectivity index (χ4n) is 1.59. The van der Waals surface area contributed by atoms with Gasteiger partial charge < -0.3 is 10.3 Å². The van der Waals surface area contributed by atoms with Crippen molar-refractivity contribution in [2.75, 3.05) is 6.54 Å². The minimum atomic E-state index is 0.0448. The second-order valence-electron chi connectivity index (χ2n) is 3.22. The normalized spacial score (nSPS) is 15.5. The number of fused-ring (bicyclic) bond motifs is 1. The molecule has 2 heterocycles. The summed E-state index contributed by atoms with van der Waals surface area (Å²) in [5.74, 6) is 0.785. The molecule has 0 saturated heterocycles. The fourth-order valence-corrected chi connectivity index (χ4v) is 1.59. The molecule has 2 rings (SSSR count). The zero-order valence-electron chi connectivity index (χ0n) is 7.68. The molecule has 1 aromatic heterocycles. The van der Waals surface area contributed by atoms with Crippen LogP contribution in [0.15, 0.2) is 4.79 Å². The molecule has 0 aliphatic carbocycles. The van der Waals surface area contributed by atoms with Crippen LogP contribution in [-0.2, 0) is 19.4 Å². The number of hydrogen-bond donors (Lipinski definition) is 2. The van der Waals surface area contributed by atoms with Crippen molar-refractivity contribution in [2.24, 2.45) is 0 Å². The topological polar surface area (TPSA) is 57.8 Å². The predicted molar refractivity (Wildman–Crippen MR) is 49.6 cm³/mol. The van der Waals surface area contributed by atoms with Gasteiger partial charge in [-0.2, -0.15) is 0 Å². The van der Waals surface area contributed by atoms with Crippen molar-refractivity contribution < 1.29 is 0 Å². The van der Waals surface area contributed by atoms with E-state index in [2.05, 4.69) is 15.3 Å². The van der Waals surface area contributed by atoms with Crippen LogP contribution in [0.1, 0.15) is 24.0 Å². The van der Waals surface area contributed by atoms with Crippen LogP contribution in [0, 0.1) is 0 Å². The fraction of sp³-hybridized carbons (Fsp3) is 0.556. The van der Waals surface area contributed by atoms with E-state index in [9.17, 15) is 4.79 Å². The van der Waals surface area contributed by atoms with Crippen LogP contribution in [0.2, 0.25) is 0 Å². The first-order valence-electron chi connectivity index (χ1n) is 4.63. The second kappa shape index (κ2) is 3.30. The summed E-state index contributed by atoms with van der Waals surface area (Å²) in [4.78, 5) is 18.7. The van der Waals surface area contributed by atoms with Gasteiger partial charge in [0.1, 0.15) is 5.82 Å². The molecule has 0 radical (unpaired) electrons. The molecule has 0 aromatic carbocycles. The predicted octanol–water partition coefficient (Wildman–Crippen LogP) is -0.0220. The van der Waals surface area contributed by atoms with E-state index >= 15 is 0 Å². The maximum Gasteiger partial charge on any atom is 0.254 e. The largest absolute Gasteiger partial charge is 0.311 e. The molecule has 2 N–H and O–H groups in total. The van der Waals surface area contributed by atoms with E-state index in [1.807, 2.05) is 6.92 Å². The molecule has 4 heteroatoms. The van der Waals surface area contributed by atoms with Crippen molar-refractivity contribution in [3.63, 3.8) is 0 Å². The lowest BCUT2D eigenvalue weighted by Gasteiger charge is -2.15. The van der Waals surface area contributed by atoms with Gasteiger partial charge in [-0.25, -0.2) is 4.98 Å². The Kier molecular flexibility index (Phi) is 2.14. The first-order chi connectivity index (χ1) is 6.31. The summed E-state index contributed by atoms with van der Waals surface area (Å²) < 4.78 is 0. The van der Waals surface area contributed by atoms with Crippen LogP contribution in [-0.4, -0.2) is 16.5 Å². The summed E-state index contributed by atoms with van der Waals surface area (Å²) in [6, 6.07) is 0. The number of nitrogens with zero attached hydrogens (tertiary/aromatic N) is 1. The number of H-pyrrole nitrogens is 1. The number of aromatic amines is 1. The van der Waals surface area contributed by atoms with Crippen molar-refractivity contribution in [3.8, 4) is 0 Å². The standard InChI is InChI=1S/C9H13N3O/c1-2-8-11-7-5-10-4-3-6(7)9(13)12-8/h10H,2-5H2,1H3,(H,11,12,13). The molecule has 0 fully saturated rings. The van der Waals surface area contributed by atoms with Crippen LogP contribution in [0.3, 0.4) is 0 Å². The number of hydrogen-bond acceptors (Lipinski definition) is 3. The highest BCUT2D eigenvalue weighted by molar-refractivity contribution is 5.20. The van der Waals surface area contributed by atoms with Crippen molar-refractivity contribution >= 4 is 0 Å². The zero-order valence-corrected chi connectivity index (χ0v) is 7.68. The molecule has 1 aliphatic heterocycles. The maximum absolute atomic E-state index is 11.5. The lowest BCUT2D eigenvalue weighted by molar-refractivity contribution is 0.612. The Morgan fingerprint density at radius 3 is 3.15 bits per heavy atom. The molecular weight excluding hydrogens is 166 g/mol. The van der Waals surface area contributed by atoms with Gasteiger partial charge in [0.05, 0.1) is 5.69 Å². The molecular formula is C9H13N3O. The molecule has 13 heavy (non-hydrogen) atoms. The lowest BCUT2D eigenvalue weighted by Crippen LogP contribution is -2.31. The van der Waals surface area contributed by atoms with E-state index in [1.165, 1.54) is 0 Å². The van der Waals surface area contributed by atoms with E-state index in [1.54, 1.807) is 0 Å². The van der Waals surface area contributed by atoms with Gasteiger partial charge in [-0.15, -0.1) is 0 Å². The molecule has 4 nitrogen and oxygen atoms in total. The van der Waals surface area contributed by atoms with E-state index < -0.39 is 0 Å². The minimum absolute atomic E-state index is 0.0448. The monoisotopic (exact) mass is 179 g/mol. The number of aryl methyl sites for hydroxylation is 1. The second-order valence-corrected chi connectivity index (χ2v) is 3.22. The van der Waals surface area contributed by atoms with Crippen LogP contribution < -0.4 is 10.9 Å². The van der Waals surface area contributed by atoms with E-state index in [0.717, 1.165) is 43.0 Å². The lowest BCUT2D eigenvalue weighted by atomic mass is 10.1. The summed E-state index contributed by atoms with van der Waals surface area (Å²) in [6.07, 6.45) is 1.57. The quantitative estimate of drug-likeness (QED) is 0.637. The number of rotatable bonds is 1. The van der Waals surface area contributed by atoms with Gasteiger partial charge >= 0.3 is 0 Å². The van der Waals surface area contributed by atoms with Crippen molar-refractivity contribution in [1.29, 1.82) is 0 Å². The van der Waals surface area contributed by atoms with Gasteiger partial charge in [0.2, 0.25) is 0 Å². The maximum atomic E-state index is 11.5. The summed E-state index contributed by atoms with van der Waals surface area (Å²) >= 11 is 0. The molecule has 70 valence electrons. The Bertz CT molecular complexity index is 370. The first kappa shape index (κ1) is 8.44. The molecule has 1 aliphatic rings. The van der Waals surface area contributed by atoms with Crippen LogP contribution >= 0.6 is 0 Å². The van der Waals surface area contributed by atoms with E-state index in [-0.39, 0.29) is 5.56 Å². The molecule has 0 bridgehead atoms. The summed E-state index contributed by atoms with van der Waals surface area (Å²) in [6.45, 7) is 3.59. The average molecular weight is 179 g/mol. The van der Waals surface area contributed by atoms with Gasteiger partial charge in [0.15, 0.2) is 0 Å². The molecule has 0 saturated carbocycles. The third kappa shape index (κ3) is 1.49. The highest BCUT2D eigenvalue weighted by Crippen LogP contribution is 2.05. The van der Waals surface area contributed by atoms with Gasteiger partial charge in [0, 0.05) is 18.5 Å². The highest BCUT2D eigenvalue weighted by atomic mass is 16.1. The first-order valence-corrected chi connectivity index (χ1v) is 4.63. The number of aromatic nitrogens is 2. The third-order valence-corrected chi connectivity index (χ3v) is 2.33. The Hall–Kier alpha value is -1.16. The van der Waals surface area contributed by atoms with E-state index in [0.29, 0.717) is 0 Å². The summed E-state index contributed by atoms with van der Waals surface area (Å²) in [5, 5.41) is 3.20. The van der Waals surface area contributed by atoms with Crippen molar-refractivity contribution in [2.45, 2.75) is 26.3 Å². The van der Waals surface area contributed by atoms with Crippen LogP contribution in [0.5, 0.6) is 0 Å². The number of nitrogens with one attached hydrogen (secondary N) is 2. The third-order valence-electron chi connectivity index (χ3n) is 2.33. The molecule has 0 atom stereocenters. The molecule has 0 unspecified atom stereocenters. The van der Waals surface area contributed by atoms with Gasteiger partial charge in [-0.3, -0.25) is 4.79 Å². The Labute approximate surface area is 76.4 Å². The Morgan fingerprint density at radius 1 is 1.54 bits per heavy atom. The molecule has 0 amide bonds. The SMILES string of the molecule is CCc1nc2c(c(=O)[nH]1)CCNC2. The van der Waals surface area contributed by atoms with Gasteiger partial charge in [-0.05, 0) is 13.0 Å². The van der Waals surface area contributed by atoms with Gasteiger partial charge in [0.25, 0.3) is 5.56 Å². The Balaban J connectivity index is 2.53. The van der Waals surface area contributed by atoms with E-state index in [4.69, 9.17) is 0 Å². The molecule has 0 spiro atoms. The summed E-state index contributed by atoms with van der Waals surface area (Å²) in [7, 11) is 0.